The van der Waals surface area contributed by atoms with Crippen molar-refractivity contribution in [2.75, 3.05) is 26.4 Å². The molecular weight excluding hydrogens is 354 g/mol. The molecule has 0 spiro atoms. The number of hydrogen-bond acceptors (Lipinski definition) is 5. The molecule has 3 N–H and O–H groups in total. The molecule has 158 valence electrons. The smallest absolute Gasteiger partial charge is 0.0860 e. The highest BCUT2D eigenvalue weighted by atomic mass is 16.5. The number of aliphatic hydroxyl groups is 2. The molecule has 5 rings (SSSR count). The van der Waals surface area contributed by atoms with Gasteiger partial charge in [-0.15, -0.1) is 0 Å². The van der Waals surface area contributed by atoms with Crippen molar-refractivity contribution in [3.05, 3.63) is 17.9 Å². The summed E-state index contributed by atoms with van der Waals surface area (Å²) in [5.74, 6) is 0. The van der Waals surface area contributed by atoms with Crippen LogP contribution in [-0.4, -0.2) is 58.0 Å². The van der Waals surface area contributed by atoms with E-state index >= 15 is 0 Å². The lowest BCUT2D eigenvalue weighted by molar-refractivity contribution is -0.247. The van der Waals surface area contributed by atoms with Gasteiger partial charge in [-0.3, -0.25) is 4.68 Å². The minimum absolute atomic E-state index is 0.0674. The van der Waals surface area contributed by atoms with Gasteiger partial charge in [-0.25, -0.2) is 0 Å². The summed E-state index contributed by atoms with van der Waals surface area (Å²) >= 11 is 0. The summed E-state index contributed by atoms with van der Waals surface area (Å²) in [6.45, 7) is 8.89. The number of aryl methyl sites for hydroxylation is 1. The van der Waals surface area contributed by atoms with Crippen molar-refractivity contribution < 1.29 is 16.3 Å². The Kier molecular flexibility index (Phi) is 4.81. The van der Waals surface area contributed by atoms with Crippen LogP contribution in [0.2, 0.25) is 0 Å². The largest absolute Gasteiger partial charge is 0.395 e. The predicted molar refractivity (Wildman–Crippen MR) is 108 cm³/mol. The Morgan fingerprint density at radius 3 is 2.43 bits per heavy atom. The summed E-state index contributed by atoms with van der Waals surface area (Å²) in [6, 6.07) is 1.57. The quantitative estimate of drug-likeness (QED) is 0.562. The second kappa shape index (κ2) is 7.08. The number of ether oxygens (including phenoxy) is 1. The lowest BCUT2D eigenvalue weighted by Crippen LogP contribution is -2.64. The molecule has 4 fully saturated rings. The van der Waals surface area contributed by atoms with Crippen LogP contribution in [0.15, 0.2) is 12.2 Å². The van der Waals surface area contributed by atoms with E-state index in [1.165, 1.54) is 19.3 Å². The Morgan fingerprint density at radius 1 is 1.18 bits per heavy atom. The third-order valence-corrected chi connectivity index (χ3v) is 7.38. The van der Waals surface area contributed by atoms with Crippen LogP contribution in [0.25, 0.3) is 0 Å². The van der Waals surface area contributed by atoms with Crippen molar-refractivity contribution in [2.24, 2.45) is 16.2 Å². The predicted octanol–water partition coefficient (Wildman–Crippen LogP) is 2.27. The fourth-order valence-corrected chi connectivity index (χ4v) is 7.69. The van der Waals surface area contributed by atoms with E-state index in [2.05, 4.69) is 24.3 Å². The molecule has 2 atom stereocenters. The van der Waals surface area contributed by atoms with Gasteiger partial charge in [0, 0.05) is 25.0 Å². The van der Waals surface area contributed by atoms with Gasteiger partial charge >= 0.3 is 0 Å². The van der Waals surface area contributed by atoms with Crippen LogP contribution < -0.4 is 5.32 Å². The van der Waals surface area contributed by atoms with Crippen LogP contribution in [0.1, 0.15) is 59.4 Å². The zero-order valence-corrected chi connectivity index (χ0v) is 17.6. The van der Waals surface area contributed by atoms with E-state index in [9.17, 15) is 10.2 Å². The van der Waals surface area contributed by atoms with Crippen LogP contribution in [0, 0.1) is 23.2 Å². The van der Waals surface area contributed by atoms with Gasteiger partial charge in [-0.05, 0) is 67.8 Å². The zero-order valence-electron chi connectivity index (χ0n) is 18.6. The van der Waals surface area contributed by atoms with Gasteiger partial charge in [0.05, 0.1) is 32.8 Å². The molecule has 0 aliphatic heterocycles. The van der Waals surface area contributed by atoms with Crippen LogP contribution in [0.5, 0.6) is 0 Å². The molecule has 6 nitrogen and oxygen atoms in total. The van der Waals surface area contributed by atoms with E-state index in [4.69, 9.17) is 6.11 Å². The summed E-state index contributed by atoms with van der Waals surface area (Å²) in [5.41, 5.74) is 1.73. The highest BCUT2D eigenvalue weighted by molar-refractivity contribution is 5.17. The first-order valence-corrected chi connectivity index (χ1v) is 10.7. The molecule has 4 bridgehead atoms. The first-order valence-electron chi connectivity index (χ1n) is 11.2. The van der Waals surface area contributed by atoms with E-state index in [0.29, 0.717) is 30.2 Å². The van der Waals surface area contributed by atoms with Gasteiger partial charge in [0.1, 0.15) is 0 Å². The minimum Gasteiger partial charge on any atom is -0.395 e. The lowest BCUT2D eigenvalue weighted by Gasteiger charge is -2.69. The van der Waals surface area contributed by atoms with E-state index in [-0.39, 0.29) is 30.3 Å². The standard InChI is InChI=1S/C22H37N3O3/c1-17-4-5-24-25(17)16-21-11-19(2)10-20(3,12-21)14-22(13-19,15-21)28-7-6-23-18(8-26)9-27/h4-5,18,23,26-27H,6-16H2,1-3H3/i5D. The maximum absolute atomic E-state index is 9.24. The Bertz CT molecular complexity index is 730. The van der Waals surface area contributed by atoms with Crippen molar-refractivity contribution in [1.29, 1.82) is 0 Å². The lowest BCUT2D eigenvalue weighted by atomic mass is 9.39. The van der Waals surface area contributed by atoms with E-state index in [1.807, 2.05) is 17.7 Å². The number of rotatable bonds is 9. The molecule has 0 amide bonds. The third-order valence-electron chi connectivity index (χ3n) is 7.38. The topological polar surface area (TPSA) is 79.5 Å². The first kappa shape index (κ1) is 19.0. The molecule has 1 aromatic rings. The maximum Gasteiger partial charge on any atom is 0.0860 e. The summed E-state index contributed by atoms with van der Waals surface area (Å²) in [6.07, 6.45) is 7.32. The number of aliphatic hydroxyl groups excluding tert-OH is 2. The number of nitrogens with zero attached hydrogens (tertiary/aromatic N) is 2. The summed E-state index contributed by atoms with van der Waals surface area (Å²) < 4.78 is 16.6. The molecule has 0 saturated heterocycles. The molecule has 1 aromatic heterocycles. The monoisotopic (exact) mass is 392 g/mol. The highest BCUT2D eigenvalue weighted by Gasteiger charge is 2.66. The molecule has 4 saturated carbocycles. The molecule has 4 aliphatic carbocycles. The van der Waals surface area contributed by atoms with Gasteiger partial charge in [0.2, 0.25) is 0 Å². The number of nitrogens with one attached hydrogen (secondary N) is 1. The van der Waals surface area contributed by atoms with E-state index in [0.717, 1.165) is 31.5 Å². The third kappa shape index (κ3) is 3.76. The fraction of sp³-hybridized carbons (Fsp3) is 0.864. The van der Waals surface area contributed by atoms with Crippen molar-refractivity contribution in [3.8, 4) is 0 Å². The van der Waals surface area contributed by atoms with Gasteiger partial charge < -0.3 is 20.3 Å². The fourth-order valence-electron chi connectivity index (χ4n) is 7.69. The van der Waals surface area contributed by atoms with Crippen LogP contribution in [0.3, 0.4) is 0 Å². The average Bonchev–Trinajstić information content (AvgIpc) is 2.88. The molecular formula is C22H37N3O3. The summed E-state index contributed by atoms with van der Waals surface area (Å²) in [7, 11) is 0. The second-order valence-corrected chi connectivity index (χ2v) is 10.8. The Labute approximate surface area is 170 Å². The summed E-state index contributed by atoms with van der Waals surface area (Å²) in [4.78, 5) is 0. The van der Waals surface area contributed by atoms with Gasteiger partial charge in [0.15, 0.2) is 0 Å². The van der Waals surface area contributed by atoms with E-state index < -0.39 is 0 Å². The molecule has 4 aliphatic rings. The van der Waals surface area contributed by atoms with Crippen molar-refractivity contribution in [1.82, 2.24) is 15.1 Å². The Balaban J connectivity index is 1.51. The van der Waals surface area contributed by atoms with Gasteiger partial charge in [-0.2, -0.15) is 5.10 Å². The minimum atomic E-state index is -0.279. The second-order valence-electron chi connectivity index (χ2n) is 10.8. The normalized spacial score (nSPS) is 39.7. The highest BCUT2D eigenvalue weighted by Crippen LogP contribution is 2.71. The maximum atomic E-state index is 9.24. The molecule has 0 radical (unpaired) electrons. The summed E-state index contributed by atoms with van der Waals surface area (Å²) in [5, 5.41) is 26.1. The van der Waals surface area contributed by atoms with Crippen LogP contribution in [0.4, 0.5) is 0 Å². The molecule has 0 aromatic carbocycles. The van der Waals surface area contributed by atoms with Crippen LogP contribution in [-0.2, 0) is 11.3 Å². The van der Waals surface area contributed by atoms with Crippen molar-refractivity contribution >= 4 is 0 Å². The van der Waals surface area contributed by atoms with Crippen molar-refractivity contribution in [3.63, 3.8) is 0 Å². The Hall–Kier alpha value is -0.950. The zero-order chi connectivity index (χ0) is 20.9. The molecule has 1 heterocycles. The number of aromatic nitrogens is 2. The molecule has 6 heteroatoms. The van der Waals surface area contributed by atoms with Gasteiger partial charge in [-0.1, -0.05) is 13.8 Å². The van der Waals surface area contributed by atoms with Crippen molar-refractivity contribution in [2.45, 2.75) is 77.5 Å². The number of hydrogen-bond donors (Lipinski definition) is 3. The average molecular weight is 393 g/mol. The van der Waals surface area contributed by atoms with E-state index in [1.54, 1.807) is 0 Å². The van der Waals surface area contributed by atoms with Gasteiger partial charge in [0.25, 0.3) is 0 Å². The molecule has 28 heavy (non-hydrogen) atoms. The first-order chi connectivity index (χ1) is 13.6. The molecule has 2 unspecified atom stereocenters. The van der Waals surface area contributed by atoms with Crippen LogP contribution >= 0.6 is 0 Å². The Morgan fingerprint density at radius 2 is 1.86 bits per heavy atom. The SMILES string of the molecule is [2H]c1cc(C)n(CC23CC4(C)CC(C)(C2)CC(OCCNC(CO)CO)(C4)C3)n1.